The summed E-state index contributed by atoms with van der Waals surface area (Å²) >= 11 is 0. The average molecular weight is 337 g/mol. The van der Waals surface area contributed by atoms with Crippen LogP contribution in [0.5, 0.6) is 0 Å². The molecule has 2 aromatic rings. The molecule has 7 nitrogen and oxygen atoms in total. The van der Waals surface area contributed by atoms with Gasteiger partial charge in [0.1, 0.15) is 5.65 Å². The lowest BCUT2D eigenvalue weighted by Gasteiger charge is -2.28. The minimum absolute atomic E-state index is 0.253. The lowest BCUT2D eigenvalue weighted by Crippen LogP contribution is -2.38. The topological polar surface area (TPSA) is 102 Å². The van der Waals surface area contributed by atoms with Crippen LogP contribution in [0.25, 0.3) is 11.0 Å². The monoisotopic (exact) mass is 337 g/mol. The molecule has 0 aliphatic heterocycles. The molecule has 0 saturated heterocycles. The Balaban J connectivity index is 2.38. The molecule has 1 fully saturated rings. The molecule has 3 rings (SSSR count). The van der Waals surface area contributed by atoms with Crippen LogP contribution in [0.2, 0.25) is 0 Å². The molecule has 0 bridgehead atoms. The molecule has 1 unspecified atom stereocenters. The van der Waals surface area contributed by atoms with Crippen molar-refractivity contribution in [1.29, 1.82) is 0 Å². The average Bonchev–Trinajstić information content (AvgIpc) is 2.78. The van der Waals surface area contributed by atoms with E-state index >= 15 is 0 Å². The fourth-order valence-corrected chi connectivity index (χ4v) is 3.74. The van der Waals surface area contributed by atoms with Crippen molar-refractivity contribution in [3.05, 3.63) is 28.2 Å². The second kappa shape index (κ2) is 5.10. The minimum atomic E-state index is -3.59. The number of hydrogen-bond acceptors (Lipinski definition) is 6. The quantitative estimate of drug-likeness (QED) is 0.820. The normalized spacial score (nSPS) is 25.1. The summed E-state index contributed by atoms with van der Waals surface area (Å²) < 4.78 is 24.9. The summed E-state index contributed by atoms with van der Waals surface area (Å²) in [4.78, 5) is 20.6. The molecule has 2 heterocycles. The molecular formula is C15H19N3O4S. The highest BCUT2D eigenvalue weighted by Crippen LogP contribution is 2.39. The number of hydrogen-bond donors (Lipinski definition) is 1. The van der Waals surface area contributed by atoms with Gasteiger partial charge in [0, 0.05) is 23.4 Å². The smallest absolute Gasteiger partial charge is 0.255 e. The van der Waals surface area contributed by atoms with E-state index in [1.807, 2.05) is 0 Å². The highest BCUT2D eigenvalue weighted by Gasteiger charge is 2.39. The summed E-state index contributed by atoms with van der Waals surface area (Å²) in [7, 11) is -3.59. The van der Waals surface area contributed by atoms with Crippen LogP contribution in [0.4, 0.5) is 0 Å². The third-order valence-electron chi connectivity index (χ3n) is 4.45. The largest absolute Gasteiger partial charge is 0.388 e. The standard InChI is InChI=1S/C15H19N3O4S/c1-9-7-10-8-16-14(23(3,21)22)17-12(10)18(13(9)19)11-5-4-6-15(11,2)20/h7-8,11,20H,4-6H2,1-3H3/t11?,15-/m1/s1. The van der Waals surface area contributed by atoms with Crippen LogP contribution in [-0.2, 0) is 9.84 Å². The lowest BCUT2D eigenvalue weighted by atomic mass is 9.99. The highest BCUT2D eigenvalue weighted by atomic mass is 32.2. The number of aryl methyl sites for hydroxylation is 1. The Morgan fingerprint density at radius 3 is 2.70 bits per heavy atom. The summed E-state index contributed by atoms with van der Waals surface area (Å²) in [6, 6.07) is 1.21. The Bertz CT molecular complexity index is 947. The van der Waals surface area contributed by atoms with Crippen molar-refractivity contribution in [3.63, 3.8) is 0 Å². The molecule has 1 saturated carbocycles. The summed E-state index contributed by atoms with van der Waals surface area (Å²) in [5, 5.41) is 10.9. The molecule has 8 heteroatoms. The zero-order chi connectivity index (χ0) is 17.0. The first kappa shape index (κ1) is 16.1. The van der Waals surface area contributed by atoms with Crippen molar-refractivity contribution < 1.29 is 13.5 Å². The third-order valence-corrected chi connectivity index (χ3v) is 5.31. The minimum Gasteiger partial charge on any atom is -0.388 e. The predicted octanol–water partition coefficient (Wildman–Crippen LogP) is 0.979. The Hall–Kier alpha value is -1.80. The van der Waals surface area contributed by atoms with Crippen molar-refractivity contribution in [2.75, 3.05) is 6.26 Å². The van der Waals surface area contributed by atoms with E-state index in [1.54, 1.807) is 19.9 Å². The number of aromatic nitrogens is 3. The zero-order valence-corrected chi connectivity index (χ0v) is 14.1. The molecule has 1 aliphatic rings. The molecule has 0 amide bonds. The van der Waals surface area contributed by atoms with Crippen LogP contribution in [0, 0.1) is 6.92 Å². The van der Waals surface area contributed by atoms with Gasteiger partial charge in [0.05, 0.1) is 11.6 Å². The van der Waals surface area contributed by atoms with Crippen LogP contribution >= 0.6 is 0 Å². The maximum Gasteiger partial charge on any atom is 0.255 e. The first-order chi connectivity index (χ1) is 10.6. The molecule has 0 radical (unpaired) electrons. The summed E-state index contributed by atoms with van der Waals surface area (Å²) in [5.74, 6) is 0. The second-order valence-electron chi connectivity index (χ2n) is 6.47. The first-order valence-electron chi connectivity index (χ1n) is 7.42. The van der Waals surface area contributed by atoms with Crippen molar-refractivity contribution in [2.45, 2.75) is 49.9 Å². The Morgan fingerprint density at radius 1 is 1.43 bits per heavy atom. The maximum atomic E-state index is 12.7. The van der Waals surface area contributed by atoms with Crippen molar-refractivity contribution in [2.24, 2.45) is 0 Å². The zero-order valence-electron chi connectivity index (χ0n) is 13.3. The highest BCUT2D eigenvalue weighted by molar-refractivity contribution is 7.90. The van der Waals surface area contributed by atoms with Gasteiger partial charge in [-0.25, -0.2) is 13.4 Å². The van der Waals surface area contributed by atoms with Gasteiger partial charge in [0.15, 0.2) is 0 Å². The number of aliphatic hydroxyl groups is 1. The predicted molar refractivity (Wildman–Crippen MR) is 85.2 cm³/mol. The lowest BCUT2D eigenvalue weighted by molar-refractivity contribution is 0.0266. The number of sulfone groups is 1. The van der Waals surface area contributed by atoms with E-state index in [4.69, 9.17) is 0 Å². The molecule has 23 heavy (non-hydrogen) atoms. The summed E-state index contributed by atoms with van der Waals surface area (Å²) in [6.45, 7) is 3.39. The van der Waals surface area contributed by atoms with Gasteiger partial charge in [0.2, 0.25) is 15.0 Å². The van der Waals surface area contributed by atoms with E-state index < -0.39 is 21.5 Å². The van der Waals surface area contributed by atoms with Crippen LogP contribution in [0.1, 0.15) is 37.8 Å². The fourth-order valence-electron chi connectivity index (χ4n) is 3.25. The number of pyridine rings is 1. The number of nitrogens with zero attached hydrogens (tertiary/aromatic N) is 3. The van der Waals surface area contributed by atoms with Gasteiger partial charge < -0.3 is 5.11 Å². The van der Waals surface area contributed by atoms with Gasteiger partial charge in [-0.3, -0.25) is 9.36 Å². The maximum absolute atomic E-state index is 12.7. The van der Waals surface area contributed by atoms with Gasteiger partial charge >= 0.3 is 0 Å². The molecular weight excluding hydrogens is 318 g/mol. The van der Waals surface area contributed by atoms with Crippen molar-refractivity contribution in [1.82, 2.24) is 14.5 Å². The Labute approximate surface area is 133 Å². The van der Waals surface area contributed by atoms with E-state index in [1.165, 1.54) is 10.8 Å². The Kier molecular flexibility index (Phi) is 3.57. The van der Waals surface area contributed by atoms with Crippen LogP contribution in [0.15, 0.2) is 22.2 Å². The fraction of sp³-hybridized carbons (Fsp3) is 0.533. The van der Waals surface area contributed by atoms with E-state index in [0.717, 1.165) is 12.7 Å². The van der Waals surface area contributed by atoms with Gasteiger partial charge in [-0.05, 0) is 39.2 Å². The first-order valence-corrected chi connectivity index (χ1v) is 9.32. The summed E-state index contributed by atoms with van der Waals surface area (Å²) in [5.41, 5.74) is -0.525. The van der Waals surface area contributed by atoms with E-state index in [-0.39, 0.29) is 16.4 Å². The second-order valence-corrected chi connectivity index (χ2v) is 8.38. The van der Waals surface area contributed by atoms with Crippen LogP contribution < -0.4 is 5.56 Å². The van der Waals surface area contributed by atoms with E-state index in [9.17, 15) is 18.3 Å². The number of rotatable bonds is 2. The van der Waals surface area contributed by atoms with E-state index in [0.29, 0.717) is 23.8 Å². The Morgan fingerprint density at radius 2 is 2.13 bits per heavy atom. The van der Waals surface area contributed by atoms with Crippen molar-refractivity contribution >= 4 is 20.9 Å². The molecule has 1 N–H and O–H groups in total. The van der Waals surface area contributed by atoms with Crippen LogP contribution in [-0.4, -0.2) is 39.9 Å². The molecule has 2 atom stereocenters. The van der Waals surface area contributed by atoms with Gasteiger partial charge in [-0.15, -0.1) is 0 Å². The van der Waals surface area contributed by atoms with Crippen LogP contribution in [0.3, 0.4) is 0 Å². The summed E-state index contributed by atoms with van der Waals surface area (Å²) in [6.07, 6.45) is 4.46. The molecule has 2 aromatic heterocycles. The number of fused-ring (bicyclic) bond motifs is 1. The van der Waals surface area contributed by atoms with Gasteiger partial charge in [-0.1, -0.05) is 0 Å². The SMILES string of the molecule is Cc1cc2cnc(S(C)(=O)=O)nc2n(C2CCC[C@@]2(C)O)c1=O. The third kappa shape index (κ3) is 2.66. The van der Waals surface area contributed by atoms with Gasteiger partial charge in [-0.2, -0.15) is 4.98 Å². The van der Waals surface area contributed by atoms with E-state index in [2.05, 4.69) is 9.97 Å². The van der Waals surface area contributed by atoms with Crippen molar-refractivity contribution in [3.8, 4) is 0 Å². The molecule has 1 aliphatic carbocycles. The molecule has 124 valence electrons. The van der Waals surface area contributed by atoms with Gasteiger partial charge in [0.25, 0.3) is 5.56 Å². The molecule has 0 aromatic carbocycles. The molecule has 0 spiro atoms.